The van der Waals surface area contributed by atoms with Crippen LogP contribution in [0, 0.1) is 0 Å². The normalized spacial score (nSPS) is 10.8. The number of benzene rings is 1. The minimum Gasteiger partial charge on any atom is -0.485 e. The highest BCUT2D eigenvalue weighted by Gasteiger charge is 2.07. The van der Waals surface area contributed by atoms with Crippen molar-refractivity contribution < 1.29 is 9.26 Å². The summed E-state index contributed by atoms with van der Waals surface area (Å²) in [6.07, 6.45) is 2.59. The average molecular weight is 340 g/mol. The maximum Gasteiger partial charge on any atom is 0.226 e. The number of rotatable bonds is 7. The Kier molecular flexibility index (Phi) is 5.55. The summed E-state index contributed by atoms with van der Waals surface area (Å²) in [6.45, 7) is 2.98. The van der Waals surface area contributed by atoms with Gasteiger partial charge in [0.15, 0.2) is 6.61 Å². The molecule has 0 amide bonds. The molecule has 0 saturated carbocycles. The highest BCUT2D eigenvalue weighted by molar-refractivity contribution is 9.10. The summed E-state index contributed by atoms with van der Waals surface area (Å²) in [4.78, 5) is 4.26. The molecule has 0 bridgehead atoms. The second-order valence-electron chi connectivity index (χ2n) is 4.43. The van der Waals surface area contributed by atoms with Crippen LogP contribution < -0.4 is 10.5 Å². The molecule has 5 nitrogen and oxygen atoms in total. The van der Waals surface area contributed by atoms with Crippen LogP contribution in [0.4, 0.5) is 0 Å². The number of hydrogen-bond acceptors (Lipinski definition) is 5. The van der Waals surface area contributed by atoms with Gasteiger partial charge in [-0.1, -0.05) is 28.0 Å². The molecule has 0 unspecified atom stereocenters. The van der Waals surface area contributed by atoms with E-state index in [1.165, 1.54) is 0 Å². The number of hydrogen-bond donors (Lipinski definition) is 1. The number of nitrogens with zero attached hydrogens (tertiary/aromatic N) is 2. The molecule has 2 N–H and O–H groups in total. The van der Waals surface area contributed by atoms with Gasteiger partial charge in [0, 0.05) is 10.9 Å². The van der Waals surface area contributed by atoms with Crippen LogP contribution in [-0.4, -0.2) is 16.7 Å². The van der Waals surface area contributed by atoms with E-state index in [9.17, 15) is 0 Å². The molecule has 1 aromatic carbocycles. The maximum atomic E-state index is 5.68. The lowest BCUT2D eigenvalue weighted by Crippen LogP contribution is -2.04. The van der Waals surface area contributed by atoms with Crippen LogP contribution in [-0.2, 0) is 19.4 Å². The molecular weight excluding hydrogens is 322 g/mol. The lowest BCUT2D eigenvalue weighted by atomic mass is 10.1. The monoisotopic (exact) mass is 339 g/mol. The molecule has 1 heterocycles. The second-order valence-corrected chi connectivity index (χ2v) is 5.29. The maximum absolute atomic E-state index is 5.68. The molecule has 0 aliphatic carbocycles. The van der Waals surface area contributed by atoms with Gasteiger partial charge >= 0.3 is 0 Å². The van der Waals surface area contributed by atoms with Crippen molar-refractivity contribution in [1.82, 2.24) is 10.1 Å². The third-order valence-electron chi connectivity index (χ3n) is 2.77. The zero-order valence-electron chi connectivity index (χ0n) is 11.4. The Morgan fingerprint density at radius 2 is 2.20 bits per heavy atom. The Bertz CT molecular complexity index is 557. The van der Waals surface area contributed by atoms with E-state index >= 15 is 0 Å². The molecule has 0 spiro atoms. The van der Waals surface area contributed by atoms with Crippen LogP contribution in [0.1, 0.15) is 30.6 Å². The van der Waals surface area contributed by atoms with Gasteiger partial charge in [-0.25, -0.2) is 0 Å². The Balaban J connectivity index is 1.97. The first-order chi connectivity index (χ1) is 9.72. The molecule has 6 heteroatoms. The molecule has 0 saturated heterocycles. The van der Waals surface area contributed by atoms with E-state index in [0.29, 0.717) is 24.9 Å². The van der Waals surface area contributed by atoms with Gasteiger partial charge in [0.2, 0.25) is 11.7 Å². The Morgan fingerprint density at radius 1 is 1.35 bits per heavy atom. The van der Waals surface area contributed by atoms with Crippen molar-refractivity contribution in [2.45, 2.75) is 32.8 Å². The molecule has 108 valence electrons. The summed E-state index contributed by atoms with van der Waals surface area (Å²) in [5.74, 6) is 2.00. The van der Waals surface area contributed by atoms with Crippen molar-refractivity contribution in [1.29, 1.82) is 0 Å². The molecule has 0 aliphatic heterocycles. The van der Waals surface area contributed by atoms with Crippen LogP contribution in [0.5, 0.6) is 5.75 Å². The third-order valence-corrected chi connectivity index (χ3v) is 3.55. The molecule has 2 rings (SSSR count). The fourth-order valence-corrected chi connectivity index (χ4v) is 2.24. The van der Waals surface area contributed by atoms with Crippen LogP contribution >= 0.6 is 15.9 Å². The van der Waals surface area contributed by atoms with Crippen molar-refractivity contribution in [3.63, 3.8) is 0 Å². The molecule has 0 aliphatic rings. The third kappa shape index (κ3) is 4.05. The second kappa shape index (κ2) is 7.40. The van der Waals surface area contributed by atoms with E-state index in [1.54, 1.807) is 0 Å². The van der Waals surface area contributed by atoms with Crippen molar-refractivity contribution >= 4 is 15.9 Å². The molecular formula is C14H18BrN3O2. The first kappa shape index (κ1) is 15.0. The minimum absolute atomic E-state index is 0.302. The number of nitrogens with two attached hydrogens (primary N) is 1. The number of aryl methyl sites for hydroxylation is 1. The molecule has 0 fully saturated rings. The molecule has 2 aromatic rings. The van der Waals surface area contributed by atoms with Crippen molar-refractivity contribution in [2.75, 3.05) is 6.54 Å². The van der Waals surface area contributed by atoms with E-state index in [2.05, 4.69) is 33.0 Å². The van der Waals surface area contributed by atoms with E-state index < -0.39 is 0 Å². The van der Waals surface area contributed by atoms with Gasteiger partial charge in [-0.2, -0.15) is 4.98 Å². The Hall–Kier alpha value is -1.40. The smallest absolute Gasteiger partial charge is 0.226 e. The molecule has 1 aromatic heterocycles. The summed E-state index contributed by atoms with van der Waals surface area (Å²) < 4.78 is 11.8. The largest absolute Gasteiger partial charge is 0.485 e. The fourth-order valence-electron chi connectivity index (χ4n) is 1.80. The molecule has 0 radical (unpaired) electrons. The van der Waals surface area contributed by atoms with Gasteiger partial charge < -0.3 is 15.0 Å². The van der Waals surface area contributed by atoms with Gasteiger partial charge in [0.25, 0.3) is 0 Å². The zero-order chi connectivity index (χ0) is 14.4. The van der Waals surface area contributed by atoms with E-state index in [-0.39, 0.29) is 0 Å². The first-order valence-corrected chi connectivity index (χ1v) is 7.45. The van der Waals surface area contributed by atoms with Gasteiger partial charge in [0.05, 0.1) is 0 Å². The zero-order valence-corrected chi connectivity index (χ0v) is 13.0. The SMILES string of the molecule is CCCc1nc(COc2ccc(Br)c(CCN)c2)no1. The van der Waals surface area contributed by atoms with Crippen molar-refractivity contribution in [3.05, 3.63) is 40.0 Å². The van der Waals surface area contributed by atoms with Crippen LogP contribution in [0.3, 0.4) is 0 Å². The minimum atomic E-state index is 0.302. The first-order valence-electron chi connectivity index (χ1n) is 6.65. The Labute approximate surface area is 126 Å². The fraction of sp³-hybridized carbons (Fsp3) is 0.429. The van der Waals surface area contributed by atoms with Crippen LogP contribution in [0.15, 0.2) is 27.2 Å². The van der Waals surface area contributed by atoms with Crippen LogP contribution in [0.2, 0.25) is 0 Å². The lowest BCUT2D eigenvalue weighted by Gasteiger charge is -2.07. The summed E-state index contributed by atoms with van der Waals surface area (Å²) in [5, 5.41) is 3.89. The van der Waals surface area contributed by atoms with E-state index in [4.69, 9.17) is 15.0 Å². The molecule has 20 heavy (non-hydrogen) atoms. The van der Waals surface area contributed by atoms with Crippen LogP contribution in [0.25, 0.3) is 0 Å². The number of aromatic nitrogens is 2. The predicted molar refractivity (Wildman–Crippen MR) is 79.5 cm³/mol. The quantitative estimate of drug-likeness (QED) is 0.839. The van der Waals surface area contributed by atoms with Gasteiger partial charge in [-0.15, -0.1) is 0 Å². The number of ether oxygens (including phenoxy) is 1. The van der Waals surface area contributed by atoms with E-state index in [0.717, 1.165) is 35.0 Å². The summed E-state index contributed by atoms with van der Waals surface area (Å²) in [7, 11) is 0. The lowest BCUT2D eigenvalue weighted by molar-refractivity contribution is 0.285. The standard InChI is InChI=1S/C14H18BrN3O2/c1-2-3-14-17-13(18-20-14)9-19-11-4-5-12(15)10(8-11)6-7-16/h4-5,8H,2-3,6-7,9,16H2,1H3. The number of halogens is 1. The van der Waals surface area contributed by atoms with Gasteiger partial charge in [-0.3, -0.25) is 0 Å². The predicted octanol–water partition coefficient (Wildman–Crippen LogP) is 2.86. The van der Waals surface area contributed by atoms with Crippen molar-refractivity contribution in [2.24, 2.45) is 5.73 Å². The average Bonchev–Trinajstić information content (AvgIpc) is 2.88. The molecule has 0 atom stereocenters. The van der Waals surface area contributed by atoms with Crippen molar-refractivity contribution in [3.8, 4) is 5.75 Å². The summed E-state index contributed by atoms with van der Waals surface area (Å²) in [5.41, 5.74) is 6.71. The summed E-state index contributed by atoms with van der Waals surface area (Å²) >= 11 is 3.50. The van der Waals surface area contributed by atoms with Gasteiger partial charge in [-0.05, 0) is 43.1 Å². The highest BCUT2D eigenvalue weighted by Crippen LogP contribution is 2.23. The van der Waals surface area contributed by atoms with Gasteiger partial charge in [0.1, 0.15) is 5.75 Å². The summed E-state index contributed by atoms with van der Waals surface area (Å²) in [6, 6.07) is 5.83. The highest BCUT2D eigenvalue weighted by atomic mass is 79.9. The Morgan fingerprint density at radius 3 is 2.95 bits per heavy atom. The van der Waals surface area contributed by atoms with E-state index in [1.807, 2.05) is 18.2 Å². The topological polar surface area (TPSA) is 74.2 Å².